The molecular formula is C21H24F3N3O3S. The van der Waals surface area contributed by atoms with Crippen LogP contribution in [0.1, 0.15) is 48.8 Å². The molecule has 1 amide bonds. The SMILES string of the molecule is Cc1nc([C@@H](C)NC(=O)C2CC2(C)c2ccc(C(F)(F)F)cc2)ccc1NS(C)(=O)=O. The third-order valence-corrected chi connectivity index (χ3v) is 6.22. The van der Waals surface area contributed by atoms with Crippen LogP contribution in [0.25, 0.3) is 0 Å². The molecule has 10 heteroatoms. The summed E-state index contributed by atoms with van der Waals surface area (Å²) >= 11 is 0. The summed E-state index contributed by atoms with van der Waals surface area (Å²) < 4.78 is 63.5. The van der Waals surface area contributed by atoms with Crippen LogP contribution in [-0.4, -0.2) is 25.6 Å². The second-order valence-corrected chi connectivity index (χ2v) is 9.97. The zero-order chi connectivity index (χ0) is 23.2. The average molecular weight is 456 g/mol. The summed E-state index contributed by atoms with van der Waals surface area (Å²) in [5, 5.41) is 2.89. The fourth-order valence-corrected chi connectivity index (χ4v) is 4.24. The van der Waals surface area contributed by atoms with Crippen molar-refractivity contribution in [3.63, 3.8) is 0 Å². The van der Waals surface area contributed by atoms with E-state index in [1.54, 1.807) is 26.0 Å². The van der Waals surface area contributed by atoms with E-state index in [1.165, 1.54) is 12.1 Å². The van der Waals surface area contributed by atoms with E-state index in [9.17, 15) is 26.4 Å². The molecular weight excluding hydrogens is 431 g/mol. The van der Waals surface area contributed by atoms with Crippen molar-refractivity contribution in [2.45, 2.75) is 44.8 Å². The van der Waals surface area contributed by atoms with Crippen molar-refractivity contribution in [3.05, 3.63) is 58.9 Å². The van der Waals surface area contributed by atoms with Gasteiger partial charge < -0.3 is 5.32 Å². The quantitative estimate of drug-likeness (QED) is 0.691. The zero-order valence-corrected chi connectivity index (χ0v) is 18.4. The third kappa shape index (κ3) is 5.17. The van der Waals surface area contributed by atoms with E-state index in [0.29, 0.717) is 29.1 Å². The highest BCUT2D eigenvalue weighted by Gasteiger charge is 2.55. The molecule has 1 aromatic carbocycles. The number of nitrogens with zero attached hydrogens (tertiary/aromatic N) is 1. The molecule has 168 valence electrons. The van der Waals surface area contributed by atoms with Crippen LogP contribution in [0.15, 0.2) is 36.4 Å². The number of halogens is 3. The summed E-state index contributed by atoms with van der Waals surface area (Å²) in [6.45, 7) is 5.29. The average Bonchev–Trinajstić information content (AvgIpc) is 3.35. The van der Waals surface area contributed by atoms with Gasteiger partial charge in [-0.1, -0.05) is 19.1 Å². The number of carbonyl (C=O) groups excluding carboxylic acids is 1. The number of aromatic nitrogens is 1. The molecule has 0 aliphatic heterocycles. The molecule has 0 radical (unpaired) electrons. The first-order valence-electron chi connectivity index (χ1n) is 9.64. The zero-order valence-electron chi connectivity index (χ0n) is 17.5. The van der Waals surface area contributed by atoms with E-state index in [2.05, 4.69) is 15.0 Å². The largest absolute Gasteiger partial charge is 0.416 e. The van der Waals surface area contributed by atoms with Gasteiger partial charge in [-0.15, -0.1) is 0 Å². The number of carbonyl (C=O) groups is 1. The molecule has 3 atom stereocenters. The summed E-state index contributed by atoms with van der Waals surface area (Å²) in [6.07, 6.45) is -2.81. The van der Waals surface area contributed by atoms with E-state index < -0.39 is 33.2 Å². The highest BCUT2D eigenvalue weighted by molar-refractivity contribution is 7.92. The smallest absolute Gasteiger partial charge is 0.348 e. The molecule has 3 rings (SSSR count). The summed E-state index contributed by atoms with van der Waals surface area (Å²) in [7, 11) is -3.43. The van der Waals surface area contributed by atoms with Crippen LogP contribution in [-0.2, 0) is 26.4 Å². The number of rotatable bonds is 6. The Balaban J connectivity index is 1.66. The molecule has 0 saturated heterocycles. The van der Waals surface area contributed by atoms with E-state index in [-0.39, 0.29) is 11.8 Å². The number of pyridine rings is 1. The summed E-state index contributed by atoms with van der Waals surface area (Å²) in [4.78, 5) is 17.1. The maximum absolute atomic E-state index is 12.8. The van der Waals surface area contributed by atoms with Gasteiger partial charge in [0.25, 0.3) is 0 Å². The Morgan fingerprint density at radius 2 is 1.81 bits per heavy atom. The van der Waals surface area contributed by atoms with Gasteiger partial charge >= 0.3 is 6.18 Å². The minimum absolute atomic E-state index is 0.201. The first kappa shape index (κ1) is 23.1. The van der Waals surface area contributed by atoms with Crippen LogP contribution in [0.4, 0.5) is 18.9 Å². The van der Waals surface area contributed by atoms with Crippen molar-refractivity contribution >= 4 is 21.6 Å². The number of hydrogen-bond donors (Lipinski definition) is 2. The molecule has 0 bridgehead atoms. The van der Waals surface area contributed by atoms with Crippen molar-refractivity contribution in [1.29, 1.82) is 0 Å². The van der Waals surface area contributed by atoms with Crippen LogP contribution < -0.4 is 10.0 Å². The lowest BCUT2D eigenvalue weighted by Gasteiger charge is -2.17. The van der Waals surface area contributed by atoms with Crippen LogP contribution in [0, 0.1) is 12.8 Å². The van der Waals surface area contributed by atoms with Crippen molar-refractivity contribution in [2.75, 3.05) is 11.0 Å². The second kappa shape index (κ2) is 7.81. The number of anilines is 1. The van der Waals surface area contributed by atoms with Crippen LogP contribution in [0.3, 0.4) is 0 Å². The molecule has 1 fully saturated rings. The first-order chi connectivity index (χ1) is 14.2. The van der Waals surface area contributed by atoms with E-state index in [1.807, 2.05) is 6.92 Å². The Morgan fingerprint density at radius 1 is 1.19 bits per heavy atom. The normalized spacial score (nSPS) is 22.0. The Hall–Kier alpha value is -2.62. The predicted octanol–water partition coefficient (Wildman–Crippen LogP) is 3.94. The fraction of sp³-hybridized carbons (Fsp3) is 0.429. The molecule has 2 N–H and O–H groups in total. The molecule has 1 aliphatic carbocycles. The van der Waals surface area contributed by atoms with E-state index in [0.717, 1.165) is 18.4 Å². The van der Waals surface area contributed by atoms with Crippen molar-refractivity contribution in [3.8, 4) is 0 Å². The lowest BCUT2D eigenvalue weighted by Crippen LogP contribution is -2.31. The van der Waals surface area contributed by atoms with Gasteiger partial charge in [0.1, 0.15) is 0 Å². The van der Waals surface area contributed by atoms with Crippen molar-refractivity contribution in [2.24, 2.45) is 5.92 Å². The van der Waals surface area contributed by atoms with Crippen LogP contribution in [0.5, 0.6) is 0 Å². The molecule has 1 saturated carbocycles. The first-order valence-corrected chi connectivity index (χ1v) is 11.5. The Labute approximate surface area is 179 Å². The monoisotopic (exact) mass is 455 g/mol. The van der Waals surface area contributed by atoms with Gasteiger partial charge in [0, 0.05) is 11.3 Å². The lowest BCUT2D eigenvalue weighted by molar-refractivity contribution is -0.137. The minimum Gasteiger partial charge on any atom is -0.348 e. The summed E-state index contributed by atoms with van der Waals surface area (Å²) in [5.41, 5.74) is 0.873. The van der Waals surface area contributed by atoms with Gasteiger partial charge in [-0.05, 0) is 50.1 Å². The Morgan fingerprint density at radius 3 is 2.32 bits per heavy atom. The number of amides is 1. The highest BCUT2D eigenvalue weighted by atomic mass is 32.2. The van der Waals surface area contributed by atoms with E-state index in [4.69, 9.17) is 0 Å². The second-order valence-electron chi connectivity index (χ2n) is 8.22. The molecule has 1 heterocycles. The molecule has 0 spiro atoms. The molecule has 31 heavy (non-hydrogen) atoms. The van der Waals surface area contributed by atoms with Gasteiger partial charge in [0.2, 0.25) is 15.9 Å². The molecule has 1 aromatic heterocycles. The highest BCUT2D eigenvalue weighted by Crippen LogP contribution is 2.54. The predicted molar refractivity (Wildman–Crippen MR) is 111 cm³/mol. The minimum atomic E-state index is -4.40. The van der Waals surface area contributed by atoms with Crippen LogP contribution >= 0.6 is 0 Å². The number of hydrogen-bond acceptors (Lipinski definition) is 4. The number of sulfonamides is 1. The van der Waals surface area contributed by atoms with Gasteiger partial charge in [-0.25, -0.2) is 8.42 Å². The van der Waals surface area contributed by atoms with E-state index >= 15 is 0 Å². The molecule has 2 aromatic rings. The number of aryl methyl sites for hydroxylation is 1. The van der Waals surface area contributed by atoms with Gasteiger partial charge in [0.05, 0.1) is 34.9 Å². The van der Waals surface area contributed by atoms with Crippen molar-refractivity contribution < 1.29 is 26.4 Å². The number of nitrogens with one attached hydrogen (secondary N) is 2. The molecule has 1 aliphatic rings. The third-order valence-electron chi connectivity index (χ3n) is 5.63. The fourth-order valence-electron chi connectivity index (χ4n) is 3.62. The maximum atomic E-state index is 12.8. The summed E-state index contributed by atoms with van der Waals surface area (Å²) in [5.74, 6) is -0.549. The maximum Gasteiger partial charge on any atom is 0.416 e. The van der Waals surface area contributed by atoms with Gasteiger partial charge in [-0.2, -0.15) is 13.2 Å². The Kier molecular flexibility index (Phi) is 5.81. The number of benzene rings is 1. The van der Waals surface area contributed by atoms with Gasteiger partial charge in [-0.3, -0.25) is 14.5 Å². The summed E-state index contributed by atoms with van der Waals surface area (Å²) in [6, 6.07) is 7.73. The molecule has 2 unspecified atom stereocenters. The van der Waals surface area contributed by atoms with Gasteiger partial charge in [0.15, 0.2) is 0 Å². The number of alkyl halides is 3. The van der Waals surface area contributed by atoms with Crippen molar-refractivity contribution in [1.82, 2.24) is 10.3 Å². The van der Waals surface area contributed by atoms with Crippen LogP contribution in [0.2, 0.25) is 0 Å². The molecule has 6 nitrogen and oxygen atoms in total. The lowest BCUT2D eigenvalue weighted by atomic mass is 9.94. The topological polar surface area (TPSA) is 88.2 Å². The Bertz CT molecular complexity index is 1100. The standard InChI is InChI=1S/C21H24F3N3O3S/c1-12(17-9-10-18(13(2)25-17)27-31(4,29)30)26-19(28)16-11-20(16,3)14-5-7-15(8-6-14)21(22,23)24/h5-10,12,16,27H,11H2,1-4H3,(H,26,28)/t12-,16?,20?/m1/s1.